The summed E-state index contributed by atoms with van der Waals surface area (Å²) in [5, 5.41) is 0. The van der Waals surface area contributed by atoms with Crippen molar-refractivity contribution in [2.45, 2.75) is 106 Å². The molecular formula is C38H52O5. The van der Waals surface area contributed by atoms with Crippen LogP contribution in [-0.2, 0) is 19.1 Å². The number of ketones is 1. The van der Waals surface area contributed by atoms with Crippen molar-refractivity contribution in [1.82, 2.24) is 0 Å². The van der Waals surface area contributed by atoms with Crippen LogP contribution in [0.4, 0.5) is 0 Å². The Labute approximate surface area is 258 Å². The molecule has 5 heteroatoms. The van der Waals surface area contributed by atoms with Crippen LogP contribution in [0.5, 0.6) is 0 Å². The molecule has 6 rings (SSSR count). The number of allylic oxidation sites excluding steroid dienone is 2. The van der Waals surface area contributed by atoms with Gasteiger partial charge in [0, 0.05) is 11.3 Å². The maximum Gasteiger partial charge on any atom is 0.338 e. The van der Waals surface area contributed by atoms with Gasteiger partial charge in [-0.1, -0.05) is 72.2 Å². The molecule has 0 unspecified atom stereocenters. The minimum absolute atomic E-state index is 0.000296. The second kappa shape index (κ2) is 10.0. The average Bonchev–Trinajstić information content (AvgIpc) is 2.98. The smallest absolute Gasteiger partial charge is 0.338 e. The van der Waals surface area contributed by atoms with E-state index in [0.29, 0.717) is 17.4 Å². The molecule has 234 valence electrons. The van der Waals surface area contributed by atoms with Gasteiger partial charge in [-0.3, -0.25) is 9.59 Å². The third kappa shape index (κ3) is 4.04. The zero-order valence-corrected chi connectivity index (χ0v) is 27.6. The topological polar surface area (TPSA) is 69.7 Å². The summed E-state index contributed by atoms with van der Waals surface area (Å²) in [5.74, 6) is 0.735. The van der Waals surface area contributed by atoms with Gasteiger partial charge in [-0.2, -0.15) is 0 Å². The number of carbonyl (C=O) groups excluding carboxylic acids is 3. The summed E-state index contributed by atoms with van der Waals surface area (Å²) in [6.45, 7) is 16.3. The second-order valence-electron chi connectivity index (χ2n) is 16.4. The third-order valence-corrected chi connectivity index (χ3v) is 14.6. The lowest BCUT2D eigenvalue weighted by atomic mass is 9.33. The molecule has 0 aromatic heterocycles. The van der Waals surface area contributed by atoms with E-state index in [2.05, 4.69) is 54.5 Å². The number of carbonyl (C=O) groups is 3. The zero-order chi connectivity index (χ0) is 31.2. The van der Waals surface area contributed by atoms with Crippen LogP contribution in [0.25, 0.3) is 0 Å². The van der Waals surface area contributed by atoms with Gasteiger partial charge in [-0.25, -0.2) is 4.79 Å². The predicted octanol–water partition coefficient (Wildman–Crippen LogP) is 8.22. The number of rotatable bonds is 3. The molecule has 5 nitrogen and oxygen atoms in total. The summed E-state index contributed by atoms with van der Waals surface area (Å²) in [7, 11) is 1.52. The molecule has 4 saturated carbocycles. The lowest BCUT2D eigenvalue weighted by molar-refractivity contribution is -0.199. The maximum absolute atomic E-state index is 14.6. The van der Waals surface area contributed by atoms with Gasteiger partial charge in [-0.15, -0.1) is 0 Å². The van der Waals surface area contributed by atoms with Crippen LogP contribution >= 0.6 is 0 Å². The van der Waals surface area contributed by atoms with Crippen LogP contribution in [0, 0.1) is 56.7 Å². The van der Waals surface area contributed by atoms with Gasteiger partial charge in [0.1, 0.15) is 6.10 Å². The molecule has 10 atom stereocenters. The van der Waals surface area contributed by atoms with E-state index in [1.165, 1.54) is 12.7 Å². The zero-order valence-electron chi connectivity index (χ0n) is 27.6. The van der Waals surface area contributed by atoms with Crippen molar-refractivity contribution in [2.75, 3.05) is 7.11 Å². The van der Waals surface area contributed by atoms with E-state index in [-0.39, 0.29) is 63.2 Å². The predicted molar refractivity (Wildman–Crippen MR) is 167 cm³/mol. The Balaban J connectivity index is 1.37. The first-order chi connectivity index (χ1) is 20.2. The number of esters is 2. The Hall–Kier alpha value is -2.43. The van der Waals surface area contributed by atoms with Crippen molar-refractivity contribution >= 4 is 17.7 Å². The van der Waals surface area contributed by atoms with Crippen LogP contribution in [0.15, 0.2) is 42.0 Å². The molecule has 1 aromatic rings. The van der Waals surface area contributed by atoms with E-state index in [1.54, 1.807) is 0 Å². The minimum Gasteiger partial charge on any atom is -0.469 e. The van der Waals surface area contributed by atoms with Crippen molar-refractivity contribution in [1.29, 1.82) is 0 Å². The van der Waals surface area contributed by atoms with Crippen LogP contribution in [0.2, 0.25) is 0 Å². The number of methoxy groups -OCH3 is 1. The van der Waals surface area contributed by atoms with Gasteiger partial charge < -0.3 is 9.47 Å². The quantitative estimate of drug-likeness (QED) is 0.333. The standard InChI is InChI=1S/C38H52O5/c1-23-14-19-38(33(41)42-8)21-20-37(7)31(30(38)24(23)2)26(39)22-28-35(5)17-16-29(43-32(40)25-12-10-9-11-13-25)34(3,4)27(35)15-18-36(28,37)6/h9-13,22-24,27,29-31H,14-21H2,1-8H3/t23-,24+,27+,29+,30+,31-,35+,36-,37-,38+/m1/s1. The molecule has 0 heterocycles. The lowest BCUT2D eigenvalue weighted by Crippen LogP contribution is -2.67. The number of hydrogen-bond acceptors (Lipinski definition) is 5. The van der Waals surface area contributed by atoms with E-state index in [0.717, 1.165) is 51.4 Å². The summed E-state index contributed by atoms with van der Waals surface area (Å²) in [6, 6.07) is 9.29. The van der Waals surface area contributed by atoms with E-state index < -0.39 is 5.41 Å². The van der Waals surface area contributed by atoms with Crippen LogP contribution < -0.4 is 0 Å². The Morgan fingerprint density at radius 3 is 2.23 bits per heavy atom. The first kappa shape index (κ1) is 30.6. The van der Waals surface area contributed by atoms with Gasteiger partial charge in [0.2, 0.25) is 0 Å². The van der Waals surface area contributed by atoms with E-state index >= 15 is 0 Å². The van der Waals surface area contributed by atoms with Gasteiger partial charge in [0.05, 0.1) is 18.1 Å². The molecule has 0 radical (unpaired) electrons. The van der Waals surface area contributed by atoms with Crippen molar-refractivity contribution in [3.63, 3.8) is 0 Å². The molecule has 5 aliphatic rings. The van der Waals surface area contributed by atoms with Crippen LogP contribution in [0.1, 0.15) is 110 Å². The number of hydrogen-bond donors (Lipinski definition) is 0. The Kier molecular flexibility index (Phi) is 7.14. The van der Waals surface area contributed by atoms with Crippen LogP contribution in [-0.4, -0.2) is 30.9 Å². The first-order valence-corrected chi connectivity index (χ1v) is 16.8. The van der Waals surface area contributed by atoms with Crippen molar-refractivity contribution in [3.8, 4) is 0 Å². The van der Waals surface area contributed by atoms with Crippen molar-refractivity contribution in [2.24, 2.45) is 56.7 Å². The molecule has 0 amide bonds. The highest BCUT2D eigenvalue weighted by molar-refractivity contribution is 5.96. The second-order valence-corrected chi connectivity index (χ2v) is 16.4. The van der Waals surface area contributed by atoms with Crippen LogP contribution in [0.3, 0.4) is 0 Å². The van der Waals surface area contributed by atoms with Crippen molar-refractivity contribution in [3.05, 3.63) is 47.5 Å². The molecule has 5 aliphatic carbocycles. The summed E-state index contributed by atoms with van der Waals surface area (Å²) in [6.07, 6.45) is 9.09. The summed E-state index contributed by atoms with van der Waals surface area (Å²) < 4.78 is 11.7. The number of ether oxygens (including phenoxy) is 2. The fourth-order valence-electron chi connectivity index (χ4n) is 11.7. The molecule has 0 aliphatic heterocycles. The molecule has 1 aromatic carbocycles. The third-order valence-electron chi connectivity index (χ3n) is 14.6. The highest BCUT2D eigenvalue weighted by atomic mass is 16.5. The highest BCUT2D eigenvalue weighted by Gasteiger charge is 2.71. The van der Waals surface area contributed by atoms with Gasteiger partial charge >= 0.3 is 11.9 Å². The van der Waals surface area contributed by atoms with Gasteiger partial charge in [0.25, 0.3) is 0 Å². The summed E-state index contributed by atoms with van der Waals surface area (Å²) in [4.78, 5) is 41.3. The Morgan fingerprint density at radius 2 is 1.56 bits per heavy atom. The molecule has 0 N–H and O–H groups in total. The number of benzene rings is 1. The first-order valence-electron chi connectivity index (χ1n) is 16.8. The highest BCUT2D eigenvalue weighted by Crippen LogP contribution is 2.75. The Morgan fingerprint density at radius 1 is 0.860 bits per heavy atom. The fourth-order valence-corrected chi connectivity index (χ4v) is 11.7. The molecule has 0 spiro atoms. The average molecular weight is 589 g/mol. The van der Waals surface area contributed by atoms with Gasteiger partial charge in [-0.05, 0) is 109 Å². The molecule has 0 bridgehead atoms. The summed E-state index contributed by atoms with van der Waals surface area (Å²) >= 11 is 0. The summed E-state index contributed by atoms with van der Waals surface area (Å²) in [5.41, 5.74) is 0.598. The lowest BCUT2D eigenvalue weighted by Gasteiger charge is -2.70. The normalized spacial score (nSPS) is 44.9. The van der Waals surface area contributed by atoms with E-state index in [9.17, 15) is 14.4 Å². The fraction of sp³-hybridized carbons (Fsp3) is 0.711. The number of fused-ring (bicyclic) bond motifs is 7. The maximum atomic E-state index is 14.6. The van der Waals surface area contributed by atoms with E-state index in [1.807, 2.05) is 30.3 Å². The molecular weight excluding hydrogens is 536 g/mol. The molecule has 4 fully saturated rings. The van der Waals surface area contributed by atoms with Crippen molar-refractivity contribution < 1.29 is 23.9 Å². The molecule has 43 heavy (non-hydrogen) atoms. The van der Waals surface area contributed by atoms with E-state index in [4.69, 9.17) is 9.47 Å². The minimum atomic E-state index is -0.563. The largest absolute Gasteiger partial charge is 0.469 e. The molecule has 0 saturated heterocycles. The SMILES string of the molecule is COC(=O)[C@]12CC[C@@H](C)[C@H](C)[C@H]1[C@H]1C(=O)C=C3[C@@]4(C)CC[C@H](OC(=O)c5ccccc5)C(C)(C)[C@@H]4CC[C@@]3(C)[C@]1(C)CC2. The van der Waals surface area contributed by atoms with Gasteiger partial charge in [0.15, 0.2) is 5.78 Å². The monoisotopic (exact) mass is 588 g/mol. The Bertz CT molecular complexity index is 1350.